The maximum atomic E-state index is 12.1. The number of nitrogens with zero attached hydrogens (tertiary/aromatic N) is 2. The molecule has 3 aromatic rings. The largest absolute Gasteiger partial charge is 0.355 e. The quantitative estimate of drug-likeness (QED) is 0.652. The van der Waals surface area contributed by atoms with E-state index in [1.807, 2.05) is 45.3 Å². The minimum Gasteiger partial charge on any atom is -0.355 e. The van der Waals surface area contributed by atoms with Crippen molar-refractivity contribution in [3.05, 3.63) is 54.5 Å². The van der Waals surface area contributed by atoms with E-state index in [-0.39, 0.29) is 11.3 Å². The number of rotatable bonds is 6. The van der Waals surface area contributed by atoms with Gasteiger partial charge in [-0.3, -0.25) is 9.78 Å². The van der Waals surface area contributed by atoms with E-state index < -0.39 is 0 Å². The second kappa shape index (κ2) is 8.17. The highest BCUT2D eigenvalue weighted by Gasteiger charge is 2.20. The molecule has 0 atom stereocenters. The van der Waals surface area contributed by atoms with Gasteiger partial charge in [-0.15, -0.1) is 0 Å². The molecule has 0 saturated carbocycles. The van der Waals surface area contributed by atoms with Crippen LogP contribution in [-0.2, 0) is 17.8 Å². The Morgan fingerprint density at radius 2 is 1.82 bits per heavy atom. The van der Waals surface area contributed by atoms with Crippen LogP contribution in [0.2, 0.25) is 0 Å². The van der Waals surface area contributed by atoms with Gasteiger partial charge in [0.25, 0.3) is 0 Å². The van der Waals surface area contributed by atoms with Gasteiger partial charge in [0.15, 0.2) is 0 Å². The lowest BCUT2D eigenvalue weighted by molar-refractivity contribution is -0.128. The van der Waals surface area contributed by atoms with Crippen molar-refractivity contribution in [3.63, 3.8) is 0 Å². The van der Waals surface area contributed by atoms with Crippen LogP contribution in [0, 0.1) is 11.3 Å². The van der Waals surface area contributed by atoms with Crippen LogP contribution in [0.5, 0.6) is 0 Å². The van der Waals surface area contributed by atoms with Crippen LogP contribution >= 0.6 is 0 Å². The summed E-state index contributed by atoms with van der Waals surface area (Å²) in [7, 11) is 0. The predicted octanol–water partition coefficient (Wildman–Crippen LogP) is 5.06. The molecule has 0 spiro atoms. The Labute approximate surface area is 168 Å². The van der Waals surface area contributed by atoms with E-state index in [2.05, 4.69) is 53.1 Å². The Morgan fingerprint density at radius 1 is 1.11 bits per heavy atom. The van der Waals surface area contributed by atoms with E-state index in [1.54, 1.807) is 0 Å². The Morgan fingerprint density at radius 3 is 2.46 bits per heavy atom. The maximum Gasteiger partial charge on any atom is 0.225 e. The first kappa shape index (κ1) is 20.1. The predicted molar refractivity (Wildman–Crippen MR) is 116 cm³/mol. The van der Waals surface area contributed by atoms with Crippen LogP contribution in [0.3, 0.4) is 0 Å². The highest BCUT2D eigenvalue weighted by atomic mass is 16.2. The lowest BCUT2D eigenvalue weighted by atomic mass is 9.95. The Hall–Kier alpha value is -2.62. The van der Waals surface area contributed by atoms with E-state index in [1.165, 1.54) is 27.6 Å². The summed E-state index contributed by atoms with van der Waals surface area (Å²) in [6.07, 6.45) is 6.74. The summed E-state index contributed by atoms with van der Waals surface area (Å²) in [6.45, 7) is 11.9. The van der Waals surface area contributed by atoms with Crippen molar-refractivity contribution in [1.82, 2.24) is 14.9 Å². The van der Waals surface area contributed by atoms with Crippen LogP contribution in [-0.4, -0.2) is 22.0 Å². The topological polar surface area (TPSA) is 46.9 Å². The number of pyridine rings is 1. The average molecular weight is 378 g/mol. The van der Waals surface area contributed by atoms with E-state index in [0.29, 0.717) is 12.5 Å². The first-order valence-corrected chi connectivity index (χ1v) is 10.1. The highest BCUT2D eigenvalue weighted by Crippen LogP contribution is 2.28. The first-order chi connectivity index (χ1) is 13.3. The maximum absolute atomic E-state index is 12.1. The van der Waals surface area contributed by atoms with Crippen molar-refractivity contribution in [2.45, 2.75) is 47.6 Å². The number of fused-ring (bicyclic) bond motifs is 1. The van der Waals surface area contributed by atoms with E-state index in [9.17, 15) is 4.79 Å². The standard InChI is InChI=1S/C24H31N3O/c1-17(2)15-27-16-20(10-13-26-23(28)24(3,4)5)21-7-6-19(14-22(21)27)18-8-11-25-12-9-18/h6-9,11-12,14,16-17H,10,13,15H2,1-5H3,(H,26,28). The van der Waals surface area contributed by atoms with Gasteiger partial charge in [0.05, 0.1) is 0 Å². The first-order valence-electron chi connectivity index (χ1n) is 10.1. The lowest BCUT2D eigenvalue weighted by Crippen LogP contribution is -2.35. The molecule has 0 fully saturated rings. The van der Waals surface area contributed by atoms with Gasteiger partial charge < -0.3 is 9.88 Å². The number of nitrogens with one attached hydrogen (secondary N) is 1. The van der Waals surface area contributed by atoms with Crippen LogP contribution in [0.1, 0.15) is 40.2 Å². The summed E-state index contributed by atoms with van der Waals surface area (Å²) in [5.41, 5.74) is 4.55. The zero-order valence-electron chi connectivity index (χ0n) is 17.6. The SMILES string of the molecule is CC(C)Cn1cc(CCNC(=O)C(C)(C)C)c2ccc(-c3ccncc3)cc21. The molecule has 0 aliphatic carbocycles. The van der Waals surface area contributed by atoms with Gasteiger partial charge in [-0.1, -0.05) is 46.8 Å². The van der Waals surface area contributed by atoms with Crippen molar-refractivity contribution in [2.24, 2.45) is 11.3 Å². The minimum absolute atomic E-state index is 0.0957. The normalized spacial score (nSPS) is 11.9. The zero-order chi connectivity index (χ0) is 20.3. The molecule has 0 aliphatic heterocycles. The van der Waals surface area contributed by atoms with Crippen LogP contribution < -0.4 is 5.32 Å². The third-order valence-electron chi connectivity index (χ3n) is 4.90. The van der Waals surface area contributed by atoms with Crippen LogP contribution in [0.4, 0.5) is 0 Å². The number of hydrogen-bond donors (Lipinski definition) is 1. The Kier molecular flexibility index (Phi) is 5.87. The number of amides is 1. The number of hydrogen-bond acceptors (Lipinski definition) is 2. The number of aromatic nitrogens is 2. The molecule has 3 rings (SSSR count). The summed E-state index contributed by atoms with van der Waals surface area (Å²) in [4.78, 5) is 16.3. The smallest absolute Gasteiger partial charge is 0.225 e. The molecule has 28 heavy (non-hydrogen) atoms. The third-order valence-corrected chi connectivity index (χ3v) is 4.90. The van der Waals surface area contributed by atoms with Gasteiger partial charge in [-0.2, -0.15) is 0 Å². The molecule has 0 unspecified atom stereocenters. The molecule has 0 saturated heterocycles. The van der Waals surface area contributed by atoms with E-state index in [4.69, 9.17) is 0 Å². The molecule has 4 nitrogen and oxygen atoms in total. The van der Waals surface area contributed by atoms with Crippen molar-refractivity contribution in [1.29, 1.82) is 0 Å². The third kappa shape index (κ3) is 4.61. The molecule has 4 heteroatoms. The fourth-order valence-corrected chi connectivity index (χ4v) is 3.41. The number of carbonyl (C=O) groups excluding carboxylic acids is 1. The molecule has 1 amide bonds. The fourth-order valence-electron chi connectivity index (χ4n) is 3.41. The van der Waals surface area contributed by atoms with E-state index in [0.717, 1.165) is 13.0 Å². The average Bonchev–Trinajstić information content (AvgIpc) is 2.98. The van der Waals surface area contributed by atoms with Gasteiger partial charge in [-0.05, 0) is 47.2 Å². The summed E-state index contributed by atoms with van der Waals surface area (Å²) in [5.74, 6) is 0.659. The molecule has 2 heterocycles. The van der Waals surface area contributed by atoms with Crippen LogP contribution in [0.25, 0.3) is 22.0 Å². The van der Waals surface area contributed by atoms with Crippen molar-refractivity contribution >= 4 is 16.8 Å². The van der Waals surface area contributed by atoms with E-state index >= 15 is 0 Å². The molecular formula is C24H31N3O. The Balaban J connectivity index is 1.90. The molecular weight excluding hydrogens is 346 g/mol. The Bertz CT molecular complexity index is 949. The van der Waals surface area contributed by atoms with Crippen molar-refractivity contribution in [2.75, 3.05) is 6.54 Å². The second-order valence-corrected chi connectivity index (χ2v) is 8.92. The summed E-state index contributed by atoms with van der Waals surface area (Å²) >= 11 is 0. The minimum atomic E-state index is -0.356. The summed E-state index contributed by atoms with van der Waals surface area (Å²) in [6, 6.07) is 10.7. The fraction of sp³-hybridized carbons (Fsp3) is 0.417. The lowest BCUT2D eigenvalue weighted by Gasteiger charge is -2.17. The van der Waals surface area contributed by atoms with Gasteiger partial charge in [-0.25, -0.2) is 0 Å². The van der Waals surface area contributed by atoms with Gasteiger partial charge >= 0.3 is 0 Å². The van der Waals surface area contributed by atoms with Crippen LogP contribution in [0.15, 0.2) is 48.9 Å². The zero-order valence-corrected chi connectivity index (χ0v) is 17.6. The van der Waals surface area contributed by atoms with Gasteiger partial charge in [0, 0.05) is 48.0 Å². The number of benzene rings is 1. The second-order valence-electron chi connectivity index (χ2n) is 8.92. The molecule has 2 aromatic heterocycles. The van der Waals surface area contributed by atoms with Crippen molar-refractivity contribution < 1.29 is 4.79 Å². The molecule has 148 valence electrons. The molecule has 0 radical (unpaired) electrons. The highest BCUT2D eigenvalue weighted by molar-refractivity contribution is 5.88. The molecule has 1 N–H and O–H groups in total. The van der Waals surface area contributed by atoms with Crippen molar-refractivity contribution in [3.8, 4) is 11.1 Å². The van der Waals surface area contributed by atoms with Gasteiger partial charge in [0.2, 0.25) is 5.91 Å². The van der Waals surface area contributed by atoms with Gasteiger partial charge in [0.1, 0.15) is 0 Å². The molecule has 0 aliphatic rings. The monoisotopic (exact) mass is 377 g/mol. The molecule has 0 bridgehead atoms. The summed E-state index contributed by atoms with van der Waals surface area (Å²) in [5, 5.41) is 4.34. The summed E-state index contributed by atoms with van der Waals surface area (Å²) < 4.78 is 2.35. The number of carbonyl (C=O) groups is 1. The molecule has 1 aromatic carbocycles.